The van der Waals surface area contributed by atoms with Gasteiger partial charge in [0.05, 0.1) is 59.8 Å². The van der Waals surface area contributed by atoms with Crippen LogP contribution in [-0.2, 0) is 39.0 Å². The number of rotatable bonds is 8. The molecule has 2 aliphatic rings. The first kappa shape index (κ1) is 41.1. The van der Waals surface area contributed by atoms with Crippen LogP contribution in [0.4, 0.5) is 0 Å². The zero-order valence-electron chi connectivity index (χ0n) is 33.5. The number of benzene rings is 4. The standard InChI is InChI=1S/C24H20ClN3O2.C19H18ClN3.C5H4O3/c1-2-16-6-3-4-7-21(16)28-23(17-9-11-18(25)12-10-17)19-14-27(15-20(19)26-28)24(29)22-8-5-13-30-22;1-2-13-5-3-4-6-18(13)23-19(14-7-9-15(20)10-8-14)16-11-21-12-17(16)22-23;6-5(7)4-2-1-3-8-4/h3-13H,2,14-15H2,1H3;3-10,21H,2,11-12H2,1H3;1-3H,(H,6,7). The summed E-state index contributed by atoms with van der Waals surface area (Å²) in [5.74, 6) is -0.835. The minimum atomic E-state index is -1.03. The van der Waals surface area contributed by atoms with E-state index in [1.54, 1.807) is 17.0 Å². The molecule has 2 aliphatic heterocycles. The van der Waals surface area contributed by atoms with E-state index in [0.29, 0.717) is 23.9 Å². The van der Waals surface area contributed by atoms with Gasteiger partial charge in [0.2, 0.25) is 5.76 Å². The van der Waals surface area contributed by atoms with Crippen molar-refractivity contribution in [2.45, 2.75) is 52.9 Å². The second-order valence-electron chi connectivity index (χ2n) is 14.4. The van der Waals surface area contributed by atoms with Gasteiger partial charge in [0.1, 0.15) is 0 Å². The summed E-state index contributed by atoms with van der Waals surface area (Å²) >= 11 is 12.2. The SMILES string of the molecule is CCc1ccccc1-n1nc2c(c1-c1ccc(Cl)cc1)CN(C(=O)c1ccco1)C2.CCc1ccccc1-n1nc2c(c1-c1ccc(Cl)cc1)CNC2.O=C(O)c1ccco1. The van der Waals surface area contributed by atoms with Gasteiger partial charge in [-0.2, -0.15) is 10.2 Å². The van der Waals surface area contributed by atoms with E-state index in [1.165, 1.54) is 47.0 Å². The molecular weight excluding hydrogens is 811 g/mol. The van der Waals surface area contributed by atoms with E-state index in [4.69, 9.17) is 42.9 Å². The van der Waals surface area contributed by atoms with Crippen LogP contribution in [-0.4, -0.2) is 41.4 Å². The Hall–Kier alpha value is -6.66. The number of fused-ring (bicyclic) bond motifs is 2. The number of aryl methyl sites for hydroxylation is 2. The second-order valence-corrected chi connectivity index (χ2v) is 15.2. The smallest absolute Gasteiger partial charge is 0.371 e. The highest BCUT2D eigenvalue weighted by molar-refractivity contribution is 6.31. The molecule has 0 spiro atoms. The minimum absolute atomic E-state index is 0.0231. The fourth-order valence-electron chi connectivity index (χ4n) is 7.64. The molecular formula is C48H42Cl2N6O5. The van der Waals surface area contributed by atoms with Gasteiger partial charge in [-0.15, -0.1) is 0 Å². The van der Waals surface area contributed by atoms with Crippen molar-refractivity contribution in [3.63, 3.8) is 0 Å². The van der Waals surface area contributed by atoms with Crippen molar-refractivity contribution in [2.75, 3.05) is 0 Å². The average molecular weight is 854 g/mol. The van der Waals surface area contributed by atoms with E-state index in [2.05, 4.69) is 76.8 Å². The molecule has 10 rings (SSSR count). The van der Waals surface area contributed by atoms with E-state index < -0.39 is 5.97 Å². The van der Waals surface area contributed by atoms with Crippen molar-refractivity contribution in [3.8, 4) is 33.9 Å². The molecule has 0 saturated heterocycles. The second kappa shape index (κ2) is 18.3. The summed E-state index contributed by atoms with van der Waals surface area (Å²) in [6.45, 7) is 6.96. The summed E-state index contributed by atoms with van der Waals surface area (Å²) in [6.07, 6.45) is 4.73. The van der Waals surface area contributed by atoms with Gasteiger partial charge in [0, 0.05) is 45.4 Å². The number of hydrogen-bond acceptors (Lipinski definition) is 7. The molecule has 0 bridgehead atoms. The fourth-order valence-corrected chi connectivity index (χ4v) is 7.89. The van der Waals surface area contributed by atoms with Crippen LogP contribution >= 0.6 is 23.2 Å². The Labute approximate surface area is 362 Å². The first-order chi connectivity index (χ1) is 29.7. The third-order valence-corrected chi connectivity index (χ3v) is 11.1. The summed E-state index contributed by atoms with van der Waals surface area (Å²) in [5.41, 5.74) is 13.5. The highest BCUT2D eigenvalue weighted by Crippen LogP contribution is 2.37. The van der Waals surface area contributed by atoms with Gasteiger partial charge >= 0.3 is 5.97 Å². The molecule has 11 nitrogen and oxygen atoms in total. The third-order valence-electron chi connectivity index (χ3n) is 10.6. The predicted octanol–water partition coefficient (Wildman–Crippen LogP) is 10.8. The number of nitrogens with zero attached hydrogens (tertiary/aromatic N) is 5. The fraction of sp³-hybridized carbons (Fsp3) is 0.167. The Kier molecular flexibility index (Phi) is 12.3. The lowest BCUT2D eigenvalue weighted by atomic mass is 10.1. The molecule has 0 fully saturated rings. The molecule has 0 radical (unpaired) electrons. The zero-order valence-corrected chi connectivity index (χ0v) is 35.0. The number of aromatic carboxylic acids is 1. The Morgan fingerprint density at radius 3 is 1.62 bits per heavy atom. The quantitative estimate of drug-likeness (QED) is 0.154. The number of carboxylic acid groups (broad SMARTS) is 1. The minimum Gasteiger partial charge on any atom is -0.475 e. The average Bonchev–Trinajstić information content (AvgIpc) is 4.15. The topological polar surface area (TPSA) is 132 Å². The molecule has 0 unspecified atom stereocenters. The van der Waals surface area contributed by atoms with E-state index in [0.717, 1.165) is 76.1 Å². The van der Waals surface area contributed by atoms with Crippen LogP contribution in [0.25, 0.3) is 33.9 Å². The van der Waals surface area contributed by atoms with Gasteiger partial charge in [0.25, 0.3) is 5.91 Å². The maximum absolute atomic E-state index is 12.8. The number of carbonyl (C=O) groups is 2. The van der Waals surface area contributed by atoms with Crippen molar-refractivity contribution < 1.29 is 23.5 Å². The zero-order chi connectivity index (χ0) is 42.5. The van der Waals surface area contributed by atoms with E-state index in [-0.39, 0.29) is 11.7 Å². The largest absolute Gasteiger partial charge is 0.475 e. The third kappa shape index (κ3) is 8.67. The van der Waals surface area contributed by atoms with Crippen molar-refractivity contribution in [2.24, 2.45) is 0 Å². The van der Waals surface area contributed by atoms with Gasteiger partial charge in [0.15, 0.2) is 5.76 Å². The number of carbonyl (C=O) groups excluding carboxylic acids is 1. The molecule has 1 amide bonds. The Morgan fingerprint density at radius 1 is 0.623 bits per heavy atom. The van der Waals surface area contributed by atoms with Gasteiger partial charge in [-0.3, -0.25) is 4.79 Å². The van der Waals surface area contributed by atoms with Crippen LogP contribution in [0, 0.1) is 0 Å². The Balaban J connectivity index is 0.000000146. The summed E-state index contributed by atoms with van der Waals surface area (Å²) in [4.78, 5) is 24.5. The molecule has 6 heterocycles. The molecule has 308 valence electrons. The summed E-state index contributed by atoms with van der Waals surface area (Å²) in [7, 11) is 0. The molecule has 61 heavy (non-hydrogen) atoms. The van der Waals surface area contributed by atoms with Crippen molar-refractivity contribution in [1.82, 2.24) is 29.8 Å². The number of aromatic nitrogens is 4. The van der Waals surface area contributed by atoms with Gasteiger partial charge in [-0.05, 0) is 84.6 Å². The molecule has 2 N–H and O–H groups in total. The Bertz CT molecular complexity index is 2770. The van der Waals surface area contributed by atoms with Crippen LogP contribution < -0.4 is 5.32 Å². The maximum atomic E-state index is 12.8. The first-order valence-electron chi connectivity index (χ1n) is 19.9. The van der Waals surface area contributed by atoms with E-state index >= 15 is 0 Å². The van der Waals surface area contributed by atoms with Gasteiger partial charge in [-0.25, -0.2) is 14.2 Å². The Morgan fingerprint density at radius 2 is 1.13 bits per heavy atom. The normalized spacial score (nSPS) is 12.6. The van der Waals surface area contributed by atoms with Crippen LogP contribution in [0.5, 0.6) is 0 Å². The summed E-state index contributed by atoms with van der Waals surface area (Å²) in [5, 5.41) is 22.8. The number of hydrogen-bond donors (Lipinski definition) is 2. The number of halogens is 2. The van der Waals surface area contributed by atoms with Gasteiger partial charge in [-0.1, -0.05) is 97.7 Å². The summed E-state index contributed by atoms with van der Waals surface area (Å²) in [6, 6.07) is 38.9. The number of amides is 1. The van der Waals surface area contributed by atoms with Crippen molar-refractivity contribution in [1.29, 1.82) is 0 Å². The van der Waals surface area contributed by atoms with Crippen LogP contribution in [0.3, 0.4) is 0 Å². The van der Waals surface area contributed by atoms with E-state index in [1.807, 2.05) is 53.2 Å². The van der Waals surface area contributed by atoms with E-state index in [9.17, 15) is 9.59 Å². The van der Waals surface area contributed by atoms with Crippen molar-refractivity contribution in [3.05, 3.63) is 189 Å². The van der Waals surface area contributed by atoms with Crippen LogP contribution in [0.15, 0.2) is 143 Å². The molecule has 4 aromatic carbocycles. The summed E-state index contributed by atoms with van der Waals surface area (Å²) < 4.78 is 13.9. The molecule has 0 saturated carbocycles. The number of carboxylic acids is 1. The highest BCUT2D eigenvalue weighted by Gasteiger charge is 2.33. The lowest BCUT2D eigenvalue weighted by Gasteiger charge is -2.17. The molecule has 0 aliphatic carbocycles. The van der Waals surface area contributed by atoms with Crippen LogP contribution in [0.2, 0.25) is 10.0 Å². The molecule has 8 aromatic rings. The van der Waals surface area contributed by atoms with Crippen molar-refractivity contribution >= 4 is 35.1 Å². The number of nitrogens with one attached hydrogen (secondary N) is 1. The number of furan rings is 2. The van der Waals surface area contributed by atoms with Crippen LogP contribution in [0.1, 0.15) is 68.6 Å². The van der Waals surface area contributed by atoms with Gasteiger partial charge < -0.3 is 24.2 Å². The predicted molar refractivity (Wildman–Crippen MR) is 235 cm³/mol. The first-order valence-corrected chi connectivity index (χ1v) is 20.7. The molecule has 13 heteroatoms. The molecule has 4 aromatic heterocycles. The monoisotopic (exact) mass is 852 g/mol. The lowest BCUT2D eigenvalue weighted by molar-refractivity contribution is 0.0661. The number of para-hydroxylation sites is 2. The maximum Gasteiger partial charge on any atom is 0.371 e. The highest BCUT2D eigenvalue weighted by atomic mass is 35.5. The molecule has 0 atom stereocenters. The lowest BCUT2D eigenvalue weighted by Crippen LogP contribution is -2.25.